The summed E-state index contributed by atoms with van der Waals surface area (Å²) in [6.45, 7) is 9.77. The molecule has 24 heavy (non-hydrogen) atoms. The first-order chi connectivity index (χ1) is 11.5. The number of aliphatic imine (C=N–C) groups is 1. The molecule has 0 bridgehead atoms. The molecule has 0 aliphatic carbocycles. The van der Waals surface area contributed by atoms with Crippen molar-refractivity contribution in [1.29, 1.82) is 0 Å². The van der Waals surface area contributed by atoms with Gasteiger partial charge in [0, 0.05) is 0 Å². The Morgan fingerprint density at radius 2 is 1.79 bits per heavy atom. The Balaban J connectivity index is 2.36. The number of rotatable bonds is 9. The van der Waals surface area contributed by atoms with Crippen LogP contribution in [0.1, 0.15) is 58.9 Å². The Bertz CT molecular complexity index is 550. The summed E-state index contributed by atoms with van der Waals surface area (Å²) in [4.78, 5) is 4.90. The molecular weight excluding hydrogens is 469 g/mol. The van der Waals surface area contributed by atoms with Crippen molar-refractivity contribution in [2.45, 2.75) is 68.3 Å². The standard InChI is InChI=1S/C12H14NO.2C4H9.BrH.Sn/c1-9(2)11-8-14-12(13-11)10-6-4-3-5-7-10;2*1-3-4-2;;/h3-6,9,11H,8H2,1-2H3;2*1,3-4H2,2H3;1H;/q;;;;+1/p-1. The molecule has 1 heterocycles. The Kier molecular flexibility index (Phi) is 8.12. The van der Waals surface area contributed by atoms with Crippen LogP contribution in [0.5, 0.6) is 0 Å². The Morgan fingerprint density at radius 3 is 2.33 bits per heavy atom. The molecule has 2 rings (SSSR count). The fraction of sp³-hybridized carbons (Fsp3) is 0.650. The van der Waals surface area contributed by atoms with Crippen LogP contribution < -0.4 is 3.58 Å². The van der Waals surface area contributed by atoms with Crippen LogP contribution in [-0.2, 0) is 4.74 Å². The number of nitrogens with zero attached hydrogens (tertiary/aromatic N) is 1. The van der Waals surface area contributed by atoms with E-state index in [0.717, 1.165) is 12.5 Å². The summed E-state index contributed by atoms with van der Waals surface area (Å²) >= 11 is 1.79. The molecule has 0 spiro atoms. The summed E-state index contributed by atoms with van der Waals surface area (Å²) in [6, 6.07) is 9.20. The van der Waals surface area contributed by atoms with E-state index in [1.54, 1.807) is 3.58 Å². The van der Waals surface area contributed by atoms with E-state index in [0.29, 0.717) is 12.0 Å². The van der Waals surface area contributed by atoms with Gasteiger partial charge in [-0.25, -0.2) is 0 Å². The molecule has 1 atom stereocenters. The van der Waals surface area contributed by atoms with Crippen LogP contribution in [0.4, 0.5) is 0 Å². The third kappa shape index (κ3) is 5.00. The summed E-state index contributed by atoms with van der Waals surface area (Å²) in [7, 11) is 0. The molecule has 2 nitrogen and oxygen atoms in total. The van der Waals surface area contributed by atoms with Gasteiger partial charge in [0.15, 0.2) is 0 Å². The molecule has 1 unspecified atom stereocenters. The van der Waals surface area contributed by atoms with E-state index in [-0.39, 0.29) is 0 Å². The summed E-state index contributed by atoms with van der Waals surface area (Å²) in [6.07, 6.45) is 5.18. The quantitative estimate of drug-likeness (QED) is 0.402. The summed E-state index contributed by atoms with van der Waals surface area (Å²) in [5.41, 5.74) is 1.26. The van der Waals surface area contributed by atoms with E-state index >= 15 is 0 Å². The Labute approximate surface area is 158 Å². The van der Waals surface area contributed by atoms with Crippen LogP contribution in [-0.4, -0.2) is 34.7 Å². The normalized spacial score (nSPS) is 17.9. The maximum atomic E-state index is 6.02. The minimum atomic E-state index is -2.55. The summed E-state index contributed by atoms with van der Waals surface area (Å²) in [5, 5.41) is 0. The van der Waals surface area contributed by atoms with Crippen molar-refractivity contribution >= 4 is 38.3 Å². The van der Waals surface area contributed by atoms with Crippen LogP contribution in [0, 0.1) is 5.92 Å². The molecule has 1 aliphatic heterocycles. The number of halogens is 1. The zero-order valence-corrected chi connectivity index (χ0v) is 20.1. The molecule has 0 fully saturated rings. The van der Waals surface area contributed by atoms with Gasteiger partial charge < -0.3 is 0 Å². The van der Waals surface area contributed by atoms with Gasteiger partial charge in [-0.2, -0.15) is 0 Å². The minimum absolute atomic E-state index is 0.305. The van der Waals surface area contributed by atoms with Crippen molar-refractivity contribution in [3.63, 3.8) is 0 Å². The predicted molar refractivity (Wildman–Crippen MR) is 111 cm³/mol. The zero-order valence-electron chi connectivity index (χ0n) is 15.6. The van der Waals surface area contributed by atoms with Crippen LogP contribution in [0.2, 0.25) is 8.87 Å². The number of ether oxygens (including phenoxy) is 1. The van der Waals surface area contributed by atoms with Crippen molar-refractivity contribution in [3.8, 4) is 0 Å². The third-order valence-electron chi connectivity index (χ3n) is 4.94. The van der Waals surface area contributed by atoms with Gasteiger partial charge in [-0.1, -0.05) is 0 Å². The van der Waals surface area contributed by atoms with Gasteiger partial charge in [-0.05, 0) is 0 Å². The van der Waals surface area contributed by atoms with Crippen LogP contribution in [0.3, 0.4) is 0 Å². The van der Waals surface area contributed by atoms with Gasteiger partial charge in [0.25, 0.3) is 0 Å². The van der Waals surface area contributed by atoms with Crippen molar-refractivity contribution in [2.24, 2.45) is 10.9 Å². The summed E-state index contributed by atoms with van der Waals surface area (Å²) in [5.74, 6) is 1.42. The van der Waals surface area contributed by atoms with Gasteiger partial charge in [0.2, 0.25) is 0 Å². The number of unbranched alkanes of at least 4 members (excludes halogenated alkanes) is 2. The van der Waals surface area contributed by atoms with Crippen LogP contribution >= 0.6 is 12.7 Å². The number of benzene rings is 1. The van der Waals surface area contributed by atoms with Crippen LogP contribution in [0.15, 0.2) is 29.3 Å². The number of hydrogen-bond donors (Lipinski definition) is 0. The molecule has 0 radical (unpaired) electrons. The van der Waals surface area contributed by atoms with E-state index < -0.39 is 16.2 Å². The molecule has 1 aliphatic rings. The second-order valence-corrected chi connectivity index (χ2v) is 27.4. The molecule has 0 amide bonds. The first kappa shape index (κ1) is 20.3. The molecule has 1 aromatic rings. The first-order valence-electron chi connectivity index (χ1n) is 9.51. The monoisotopic (exact) mass is 501 g/mol. The predicted octanol–water partition coefficient (Wildman–Crippen LogP) is 5.64. The van der Waals surface area contributed by atoms with E-state index in [1.807, 2.05) is 0 Å². The molecule has 1 aromatic carbocycles. The molecule has 0 saturated carbocycles. The average molecular weight is 501 g/mol. The van der Waals surface area contributed by atoms with E-state index in [2.05, 4.69) is 64.7 Å². The maximum absolute atomic E-state index is 6.02. The van der Waals surface area contributed by atoms with Crippen molar-refractivity contribution in [2.75, 3.05) is 6.61 Å². The van der Waals surface area contributed by atoms with E-state index in [4.69, 9.17) is 9.73 Å². The second-order valence-electron chi connectivity index (χ2n) is 7.27. The topological polar surface area (TPSA) is 21.6 Å². The van der Waals surface area contributed by atoms with Gasteiger partial charge in [-0.3, -0.25) is 0 Å². The van der Waals surface area contributed by atoms with E-state index in [1.165, 1.54) is 40.1 Å². The second kappa shape index (κ2) is 9.61. The van der Waals surface area contributed by atoms with Gasteiger partial charge in [0.05, 0.1) is 0 Å². The van der Waals surface area contributed by atoms with Crippen molar-refractivity contribution in [3.05, 3.63) is 29.8 Å². The molecule has 0 saturated heterocycles. The first-order valence-corrected chi connectivity index (χ1v) is 21.4. The van der Waals surface area contributed by atoms with Crippen molar-refractivity contribution in [1.82, 2.24) is 0 Å². The van der Waals surface area contributed by atoms with Gasteiger partial charge >= 0.3 is 159 Å². The molecule has 0 aromatic heterocycles. The van der Waals surface area contributed by atoms with Crippen molar-refractivity contribution < 1.29 is 4.74 Å². The molecule has 4 heteroatoms. The zero-order chi connectivity index (χ0) is 17.6. The molecular formula is C20H32BrNOSn. The fourth-order valence-electron chi connectivity index (χ4n) is 3.25. The molecule has 0 N–H and O–H groups in total. The average Bonchev–Trinajstić information content (AvgIpc) is 3.08. The number of hydrogen-bond acceptors (Lipinski definition) is 2. The Morgan fingerprint density at radius 1 is 1.17 bits per heavy atom. The third-order valence-corrected chi connectivity index (χ3v) is 23.7. The SMILES string of the molecule is CCC[CH2][Sn]([Br])([CH2]CCC)[c]1ccccc1C1=NC(C(C)C)CO1. The van der Waals surface area contributed by atoms with Gasteiger partial charge in [-0.15, -0.1) is 0 Å². The molecule has 134 valence electrons. The summed E-state index contributed by atoms with van der Waals surface area (Å²) < 4.78 is 10.3. The van der Waals surface area contributed by atoms with Crippen LogP contribution in [0.25, 0.3) is 0 Å². The fourth-order valence-corrected chi connectivity index (χ4v) is 19.8. The van der Waals surface area contributed by atoms with E-state index in [9.17, 15) is 0 Å². The van der Waals surface area contributed by atoms with Gasteiger partial charge in [0.1, 0.15) is 0 Å². The Hall–Kier alpha value is -0.0313.